The quantitative estimate of drug-likeness (QED) is 0.865. The average molecular weight is 311 g/mol. The molecule has 0 radical (unpaired) electrons. The molecule has 2 aromatic rings. The summed E-state index contributed by atoms with van der Waals surface area (Å²) in [6.07, 6.45) is 1.65. The van der Waals surface area contributed by atoms with Crippen molar-refractivity contribution in [3.8, 4) is 5.69 Å². The lowest BCUT2D eigenvalue weighted by atomic mass is 10.2. The molecule has 2 heterocycles. The minimum Gasteiger partial charge on any atom is -0.336 e. The maximum absolute atomic E-state index is 12.7. The molecular weight excluding hydrogens is 290 g/mol. The maximum atomic E-state index is 12.7. The van der Waals surface area contributed by atoms with Crippen molar-refractivity contribution in [1.82, 2.24) is 14.4 Å². The number of rotatable bonds is 3. The molecule has 1 aliphatic rings. The molecule has 1 fully saturated rings. The van der Waals surface area contributed by atoms with Crippen LogP contribution in [0.5, 0.6) is 0 Å². The first kappa shape index (κ1) is 15.5. The minimum absolute atomic E-state index is 0.00886. The monoisotopic (exact) mass is 311 g/mol. The molecular formula is C18H21N3O2. The van der Waals surface area contributed by atoms with Crippen molar-refractivity contribution < 1.29 is 4.79 Å². The topological polar surface area (TPSA) is 45.6 Å². The third-order valence-electron chi connectivity index (χ3n) is 4.30. The molecule has 0 unspecified atom stereocenters. The van der Waals surface area contributed by atoms with E-state index < -0.39 is 0 Å². The van der Waals surface area contributed by atoms with Crippen molar-refractivity contribution in [2.24, 2.45) is 0 Å². The van der Waals surface area contributed by atoms with Crippen LogP contribution in [-0.2, 0) is 0 Å². The predicted molar refractivity (Wildman–Crippen MR) is 90.1 cm³/mol. The van der Waals surface area contributed by atoms with Gasteiger partial charge in [-0.05, 0) is 24.7 Å². The molecule has 0 atom stereocenters. The number of hydrogen-bond acceptors (Lipinski definition) is 3. The number of likely N-dealkylation sites (N-methyl/N-ethyl adjacent to an activating group) is 1. The van der Waals surface area contributed by atoms with Gasteiger partial charge in [-0.15, -0.1) is 0 Å². The van der Waals surface area contributed by atoms with E-state index in [4.69, 9.17) is 0 Å². The first-order valence-electron chi connectivity index (χ1n) is 7.99. The van der Waals surface area contributed by atoms with Crippen LogP contribution in [0.4, 0.5) is 0 Å². The van der Waals surface area contributed by atoms with Crippen molar-refractivity contribution >= 4 is 5.91 Å². The zero-order valence-electron chi connectivity index (χ0n) is 13.3. The number of aromatic nitrogens is 1. The molecule has 0 aliphatic carbocycles. The van der Waals surface area contributed by atoms with Gasteiger partial charge < -0.3 is 9.80 Å². The fourth-order valence-electron chi connectivity index (χ4n) is 2.85. The lowest BCUT2D eigenvalue weighted by Gasteiger charge is -2.34. The summed E-state index contributed by atoms with van der Waals surface area (Å²) in [4.78, 5) is 29.0. The Morgan fingerprint density at radius 1 is 1.00 bits per heavy atom. The number of para-hydroxylation sites is 1. The second-order valence-electron chi connectivity index (χ2n) is 5.69. The highest BCUT2D eigenvalue weighted by Gasteiger charge is 2.21. The highest BCUT2D eigenvalue weighted by Crippen LogP contribution is 2.10. The maximum Gasteiger partial charge on any atom is 0.255 e. The number of nitrogens with zero attached hydrogens (tertiary/aromatic N) is 3. The Balaban J connectivity index is 1.84. The molecule has 120 valence electrons. The van der Waals surface area contributed by atoms with E-state index in [1.54, 1.807) is 12.3 Å². The number of carbonyl (C=O) groups excluding carboxylic acids is 1. The number of hydrogen-bond donors (Lipinski definition) is 0. The lowest BCUT2D eigenvalue weighted by molar-refractivity contribution is 0.0642. The molecule has 0 bridgehead atoms. The molecule has 1 saturated heterocycles. The van der Waals surface area contributed by atoms with E-state index in [0.29, 0.717) is 5.56 Å². The van der Waals surface area contributed by atoms with E-state index in [1.807, 2.05) is 35.2 Å². The van der Waals surface area contributed by atoms with E-state index in [0.717, 1.165) is 38.4 Å². The Morgan fingerprint density at radius 3 is 2.35 bits per heavy atom. The number of carbonyl (C=O) groups is 1. The Hall–Kier alpha value is -2.40. The van der Waals surface area contributed by atoms with Gasteiger partial charge in [0.1, 0.15) is 0 Å². The van der Waals surface area contributed by atoms with Crippen LogP contribution in [0.15, 0.2) is 53.5 Å². The summed E-state index contributed by atoms with van der Waals surface area (Å²) in [5.74, 6) is -0.00886. The summed E-state index contributed by atoms with van der Waals surface area (Å²) < 4.78 is 1.52. The molecule has 0 N–H and O–H groups in total. The average Bonchev–Trinajstić information content (AvgIpc) is 2.62. The smallest absolute Gasteiger partial charge is 0.255 e. The van der Waals surface area contributed by atoms with E-state index in [2.05, 4.69) is 11.8 Å². The van der Waals surface area contributed by atoms with Gasteiger partial charge in [0.15, 0.2) is 0 Å². The third-order valence-corrected chi connectivity index (χ3v) is 4.30. The largest absolute Gasteiger partial charge is 0.336 e. The van der Waals surface area contributed by atoms with Crippen LogP contribution in [0.25, 0.3) is 5.69 Å². The van der Waals surface area contributed by atoms with Crippen LogP contribution in [0.2, 0.25) is 0 Å². The first-order chi connectivity index (χ1) is 11.2. The Kier molecular flexibility index (Phi) is 4.57. The summed E-state index contributed by atoms with van der Waals surface area (Å²) >= 11 is 0. The highest BCUT2D eigenvalue weighted by atomic mass is 16.2. The SMILES string of the molecule is CCN1CCN(C(=O)c2ccc(=O)n(-c3ccccc3)c2)CC1. The molecule has 5 heteroatoms. The summed E-state index contributed by atoms with van der Waals surface area (Å²) in [5, 5.41) is 0. The summed E-state index contributed by atoms with van der Waals surface area (Å²) in [6.45, 7) is 6.42. The fraction of sp³-hybridized carbons (Fsp3) is 0.333. The van der Waals surface area contributed by atoms with Crippen LogP contribution >= 0.6 is 0 Å². The molecule has 1 amide bonds. The van der Waals surface area contributed by atoms with E-state index in [9.17, 15) is 9.59 Å². The number of benzene rings is 1. The van der Waals surface area contributed by atoms with Crippen LogP contribution in [-0.4, -0.2) is 53.0 Å². The molecule has 23 heavy (non-hydrogen) atoms. The zero-order valence-corrected chi connectivity index (χ0v) is 13.3. The van der Waals surface area contributed by atoms with Crippen molar-refractivity contribution in [3.63, 3.8) is 0 Å². The Labute approximate surface area is 135 Å². The minimum atomic E-state index is -0.136. The molecule has 3 rings (SSSR count). The Morgan fingerprint density at radius 2 is 1.70 bits per heavy atom. The van der Waals surface area contributed by atoms with E-state index in [1.165, 1.54) is 10.6 Å². The summed E-state index contributed by atoms with van der Waals surface area (Å²) in [5.41, 5.74) is 1.19. The van der Waals surface area contributed by atoms with Gasteiger partial charge >= 0.3 is 0 Å². The van der Waals surface area contributed by atoms with Gasteiger partial charge in [-0.1, -0.05) is 25.1 Å². The summed E-state index contributed by atoms with van der Waals surface area (Å²) in [7, 11) is 0. The molecule has 1 aromatic carbocycles. The van der Waals surface area contributed by atoms with Gasteiger partial charge in [0.25, 0.3) is 11.5 Å². The van der Waals surface area contributed by atoms with Crippen molar-refractivity contribution in [3.05, 3.63) is 64.6 Å². The zero-order chi connectivity index (χ0) is 16.2. The van der Waals surface area contributed by atoms with Crippen molar-refractivity contribution in [1.29, 1.82) is 0 Å². The highest BCUT2D eigenvalue weighted by molar-refractivity contribution is 5.94. The number of piperazine rings is 1. The van der Waals surface area contributed by atoms with Crippen LogP contribution in [0, 0.1) is 0 Å². The molecule has 1 aliphatic heterocycles. The normalized spacial score (nSPS) is 15.6. The van der Waals surface area contributed by atoms with Gasteiger partial charge in [-0.25, -0.2) is 0 Å². The number of amides is 1. The van der Waals surface area contributed by atoms with E-state index >= 15 is 0 Å². The van der Waals surface area contributed by atoms with Gasteiger partial charge in [0, 0.05) is 44.1 Å². The standard InChI is InChI=1S/C18H21N3O2/c1-2-19-10-12-20(13-11-19)18(23)15-8-9-17(22)21(14-15)16-6-4-3-5-7-16/h3-9,14H,2,10-13H2,1H3. The summed E-state index contributed by atoms with van der Waals surface area (Å²) in [6, 6.07) is 12.4. The van der Waals surface area contributed by atoms with Gasteiger partial charge in [0.2, 0.25) is 0 Å². The second kappa shape index (κ2) is 6.79. The van der Waals surface area contributed by atoms with E-state index in [-0.39, 0.29) is 11.5 Å². The molecule has 5 nitrogen and oxygen atoms in total. The van der Waals surface area contributed by atoms with Crippen LogP contribution in [0.1, 0.15) is 17.3 Å². The molecule has 0 saturated carbocycles. The van der Waals surface area contributed by atoms with Crippen molar-refractivity contribution in [2.45, 2.75) is 6.92 Å². The molecule has 1 aromatic heterocycles. The Bertz CT molecular complexity index is 731. The van der Waals surface area contributed by atoms with Gasteiger partial charge in [0.05, 0.1) is 5.56 Å². The lowest BCUT2D eigenvalue weighted by Crippen LogP contribution is -2.48. The van der Waals surface area contributed by atoms with Gasteiger partial charge in [-0.2, -0.15) is 0 Å². The predicted octanol–water partition coefficient (Wildman–Crippen LogP) is 1.62. The van der Waals surface area contributed by atoms with Crippen LogP contribution < -0.4 is 5.56 Å². The molecule has 0 spiro atoms. The van der Waals surface area contributed by atoms with Crippen LogP contribution in [0.3, 0.4) is 0 Å². The fourth-order valence-corrected chi connectivity index (χ4v) is 2.85. The number of pyridine rings is 1. The van der Waals surface area contributed by atoms with Crippen molar-refractivity contribution in [2.75, 3.05) is 32.7 Å². The first-order valence-corrected chi connectivity index (χ1v) is 7.99. The van der Waals surface area contributed by atoms with Gasteiger partial charge in [-0.3, -0.25) is 14.2 Å². The second-order valence-corrected chi connectivity index (χ2v) is 5.69. The third kappa shape index (κ3) is 3.35.